The molecular weight excluding hydrogens is 297 g/mol. The van der Waals surface area contributed by atoms with E-state index < -0.39 is 6.10 Å². The summed E-state index contributed by atoms with van der Waals surface area (Å²) in [6.07, 6.45) is 1.97. The summed E-state index contributed by atoms with van der Waals surface area (Å²) in [5, 5.41) is 14.4. The maximum absolute atomic E-state index is 9.96. The van der Waals surface area contributed by atoms with E-state index in [4.69, 9.17) is 27.9 Å². The molecule has 1 unspecified atom stereocenters. The fourth-order valence-electron chi connectivity index (χ4n) is 2.17. The van der Waals surface area contributed by atoms with Crippen molar-refractivity contribution in [2.24, 2.45) is 5.92 Å². The van der Waals surface area contributed by atoms with Crippen LogP contribution in [0, 0.1) is 5.92 Å². The first-order chi connectivity index (χ1) is 9.38. The molecule has 1 aliphatic rings. The fourth-order valence-corrected chi connectivity index (χ4v) is 2.63. The van der Waals surface area contributed by atoms with E-state index >= 15 is 0 Å². The molecule has 1 fully saturated rings. The molecule has 0 bridgehead atoms. The Morgan fingerprint density at radius 3 is 2.70 bits per heavy atom. The van der Waals surface area contributed by atoms with E-state index in [1.165, 1.54) is 12.8 Å². The number of aliphatic hydroxyl groups is 1. The van der Waals surface area contributed by atoms with Crippen LogP contribution in [0.15, 0.2) is 18.2 Å². The highest BCUT2D eigenvalue weighted by atomic mass is 35.5. The zero-order valence-corrected chi connectivity index (χ0v) is 13.3. The lowest BCUT2D eigenvalue weighted by molar-refractivity contribution is 0.0971. The maximum atomic E-state index is 9.96. The normalized spacial score (nSPS) is 17.1. The third-order valence-electron chi connectivity index (χ3n) is 3.72. The van der Waals surface area contributed by atoms with Crippen molar-refractivity contribution >= 4 is 23.2 Å². The lowest BCUT2D eigenvalue weighted by atomic mass is 9.98. The summed E-state index contributed by atoms with van der Waals surface area (Å²) < 4.78 is 5.51. The predicted molar refractivity (Wildman–Crippen MR) is 82.8 cm³/mol. The summed E-state index contributed by atoms with van der Waals surface area (Å²) in [7, 11) is 0. The average Bonchev–Trinajstić information content (AvgIpc) is 3.20. The van der Waals surface area contributed by atoms with Gasteiger partial charge in [-0.1, -0.05) is 23.2 Å². The van der Waals surface area contributed by atoms with E-state index in [9.17, 15) is 5.11 Å². The van der Waals surface area contributed by atoms with E-state index in [0.717, 1.165) is 5.92 Å². The van der Waals surface area contributed by atoms with Gasteiger partial charge in [0.05, 0.1) is 5.02 Å². The summed E-state index contributed by atoms with van der Waals surface area (Å²) in [5.41, 5.74) is 0.0822. The number of benzene rings is 1. The number of β-amino-alcohol motifs (C(OH)–C–C–N with tert-alkyl or cyclic N) is 1. The number of aliphatic hydroxyl groups excluding tert-OH is 1. The molecule has 1 saturated carbocycles. The topological polar surface area (TPSA) is 41.5 Å². The van der Waals surface area contributed by atoms with Gasteiger partial charge in [-0.3, -0.25) is 0 Å². The zero-order chi connectivity index (χ0) is 14.8. The lowest BCUT2D eigenvalue weighted by Gasteiger charge is -2.27. The van der Waals surface area contributed by atoms with Crippen LogP contribution in [-0.2, 0) is 0 Å². The summed E-state index contributed by atoms with van der Waals surface area (Å²) in [4.78, 5) is 0. The lowest BCUT2D eigenvalue weighted by Crippen LogP contribution is -2.46. The second-order valence-electron chi connectivity index (χ2n) is 5.92. The van der Waals surface area contributed by atoms with Crippen LogP contribution in [0.4, 0.5) is 0 Å². The van der Waals surface area contributed by atoms with Crippen LogP contribution in [0.1, 0.15) is 26.7 Å². The Morgan fingerprint density at radius 1 is 1.40 bits per heavy atom. The van der Waals surface area contributed by atoms with Crippen molar-refractivity contribution in [3.63, 3.8) is 0 Å². The Morgan fingerprint density at radius 2 is 2.10 bits per heavy atom. The zero-order valence-electron chi connectivity index (χ0n) is 11.8. The summed E-state index contributed by atoms with van der Waals surface area (Å²) >= 11 is 11.8. The molecule has 1 aliphatic carbocycles. The highest BCUT2D eigenvalue weighted by Gasteiger charge is 2.37. The van der Waals surface area contributed by atoms with Gasteiger partial charge in [-0.25, -0.2) is 0 Å². The van der Waals surface area contributed by atoms with Crippen molar-refractivity contribution in [2.75, 3.05) is 13.2 Å². The molecule has 0 aromatic heterocycles. The molecule has 0 heterocycles. The smallest absolute Gasteiger partial charge is 0.138 e. The molecule has 0 amide bonds. The molecule has 20 heavy (non-hydrogen) atoms. The minimum absolute atomic E-state index is 0.0822. The van der Waals surface area contributed by atoms with Crippen LogP contribution < -0.4 is 10.1 Å². The first kappa shape index (κ1) is 15.9. The number of nitrogens with one attached hydrogen (secondary N) is 1. The molecule has 2 rings (SSSR count). The SMILES string of the molecule is CC(C)(NCC(O)COc1ccc(Cl)cc1Cl)C1CC1. The fraction of sp³-hybridized carbons (Fsp3) is 0.600. The summed E-state index contributed by atoms with van der Waals surface area (Å²) in [6.45, 7) is 5.06. The second kappa shape index (κ2) is 6.52. The Balaban J connectivity index is 1.75. The predicted octanol–water partition coefficient (Wildman–Crippen LogP) is 3.51. The van der Waals surface area contributed by atoms with Crippen molar-refractivity contribution in [2.45, 2.75) is 38.3 Å². The molecule has 1 aromatic carbocycles. The number of halogens is 2. The third-order valence-corrected chi connectivity index (χ3v) is 4.25. The van der Waals surface area contributed by atoms with Crippen LogP contribution in [0.5, 0.6) is 5.75 Å². The van der Waals surface area contributed by atoms with Crippen molar-refractivity contribution in [3.8, 4) is 5.75 Å². The number of hydrogen-bond acceptors (Lipinski definition) is 3. The minimum Gasteiger partial charge on any atom is -0.489 e. The number of hydrogen-bond donors (Lipinski definition) is 2. The average molecular weight is 318 g/mol. The molecule has 0 radical (unpaired) electrons. The largest absolute Gasteiger partial charge is 0.489 e. The van der Waals surface area contributed by atoms with Gasteiger partial charge in [0.2, 0.25) is 0 Å². The molecule has 1 aromatic rings. The molecule has 2 N–H and O–H groups in total. The van der Waals surface area contributed by atoms with Crippen LogP contribution >= 0.6 is 23.2 Å². The Hall–Kier alpha value is -0.480. The van der Waals surface area contributed by atoms with Gasteiger partial charge >= 0.3 is 0 Å². The Labute approximate surface area is 130 Å². The van der Waals surface area contributed by atoms with Gasteiger partial charge in [-0.2, -0.15) is 0 Å². The molecule has 0 saturated heterocycles. The number of rotatable bonds is 7. The molecule has 3 nitrogen and oxygen atoms in total. The van der Waals surface area contributed by atoms with Gasteiger partial charge in [0.25, 0.3) is 0 Å². The van der Waals surface area contributed by atoms with Gasteiger partial charge in [0.15, 0.2) is 0 Å². The Kier molecular flexibility index (Phi) is 5.19. The highest BCUT2D eigenvalue weighted by molar-refractivity contribution is 6.35. The molecule has 0 spiro atoms. The second-order valence-corrected chi connectivity index (χ2v) is 6.76. The number of ether oxygens (including phenoxy) is 1. The quantitative estimate of drug-likeness (QED) is 0.808. The molecule has 0 aliphatic heterocycles. The Bertz CT molecular complexity index is 461. The minimum atomic E-state index is -0.570. The third kappa shape index (κ3) is 4.52. The van der Waals surface area contributed by atoms with Gasteiger partial charge in [-0.05, 0) is 50.8 Å². The monoisotopic (exact) mass is 317 g/mol. The van der Waals surface area contributed by atoms with Gasteiger partial charge in [0, 0.05) is 17.1 Å². The molecule has 112 valence electrons. The summed E-state index contributed by atoms with van der Waals surface area (Å²) in [5.74, 6) is 1.26. The van der Waals surface area contributed by atoms with Crippen LogP contribution in [0.2, 0.25) is 10.0 Å². The summed E-state index contributed by atoms with van der Waals surface area (Å²) in [6, 6.07) is 5.04. The van der Waals surface area contributed by atoms with Crippen molar-refractivity contribution in [1.29, 1.82) is 0 Å². The van der Waals surface area contributed by atoms with Crippen molar-refractivity contribution < 1.29 is 9.84 Å². The van der Waals surface area contributed by atoms with Crippen molar-refractivity contribution in [3.05, 3.63) is 28.2 Å². The molecular formula is C15H21Cl2NO2. The van der Waals surface area contributed by atoms with Crippen LogP contribution in [0.3, 0.4) is 0 Å². The van der Waals surface area contributed by atoms with Gasteiger partial charge < -0.3 is 15.2 Å². The van der Waals surface area contributed by atoms with E-state index in [1.807, 2.05) is 0 Å². The highest BCUT2D eigenvalue weighted by Crippen LogP contribution is 2.39. The van der Waals surface area contributed by atoms with Gasteiger partial charge in [0.1, 0.15) is 18.5 Å². The standard InChI is InChI=1S/C15H21Cl2NO2/c1-15(2,10-3-4-10)18-8-12(19)9-20-14-6-5-11(16)7-13(14)17/h5-7,10,12,18-19H,3-4,8-9H2,1-2H3. The van der Waals surface area contributed by atoms with E-state index in [-0.39, 0.29) is 12.1 Å². The van der Waals surface area contributed by atoms with E-state index in [1.54, 1.807) is 18.2 Å². The van der Waals surface area contributed by atoms with Crippen molar-refractivity contribution in [1.82, 2.24) is 5.32 Å². The maximum Gasteiger partial charge on any atom is 0.138 e. The first-order valence-electron chi connectivity index (χ1n) is 6.89. The van der Waals surface area contributed by atoms with Crippen LogP contribution in [0.25, 0.3) is 0 Å². The molecule has 5 heteroatoms. The molecule has 1 atom stereocenters. The van der Waals surface area contributed by atoms with E-state index in [2.05, 4.69) is 19.2 Å². The van der Waals surface area contributed by atoms with Crippen LogP contribution in [-0.4, -0.2) is 29.9 Å². The first-order valence-corrected chi connectivity index (χ1v) is 7.65. The van der Waals surface area contributed by atoms with Gasteiger partial charge in [-0.15, -0.1) is 0 Å². The van der Waals surface area contributed by atoms with E-state index in [0.29, 0.717) is 22.3 Å².